The van der Waals surface area contributed by atoms with Gasteiger partial charge in [0.25, 0.3) is 5.91 Å². The Morgan fingerprint density at radius 3 is 2.65 bits per heavy atom. The van der Waals surface area contributed by atoms with Gasteiger partial charge in [-0.25, -0.2) is 0 Å². The summed E-state index contributed by atoms with van der Waals surface area (Å²) in [5.74, 6) is -0.147. The van der Waals surface area contributed by atoms with E-state index in [0.717, 1.165) is 35.0 Å². The summed E-state index contributed by atoms with van der Waals surface area (Å²) in [5.41, 5.74) is 3.91. The Morgan fingerprint density at radius 2 is 1.88 bits per heavy atom. The van der Waals surface area contributed by atoms with E-state index < -0.39 is 0 Å². The summed E-state index contributed by atoms with van der Waals surface area (Å²) in [6.45, 7) is 3.97. The van der Waals surface area contributed by atoms with E-state index in [-0.39, 0.29) is 11.8 Å². The predicted octanol–water partition coefficient (Wildman–Crippen LogP) is 4.86. The van der Waals surface area contributed by atoms with Gasteiger partial charge in [0.2, 0.25) is 5.91 Å². The van der Waals surface area contributed by atoms with E-state index in [9.17, 15) is 9.59 Å². The Hall–Kier alpha value is -3.08. The monoisotopic (exact) mass is 349 g/mol. The lowest BCUT2D eigenvalue weighted by Gasteiger charge is -2.11. The van der Waals surface area contributed by atoms with Gasteiger partial charge >= 0.3 is 0 Å². The zero-order valence-corrected chi connectivity index (χ0v) is 15.1. The molecule has 1 heterocycles. The van der Waals surface area contributed by atoms with Crippen molar-refractivity contribution in [2.75, 3.05) is 10.6 Å². The standard InChI is InChI=1S/C21H23N3O2/c1-3-4-5-20(25)24-18-9-8-17(12-14(18)2)23-21(26)16-7-6-15-10-11-22-19(15)13-16/h6-13,22H,3-5H2,1-2H3,(H,23,26)(H,24,25). The van der Waals surface area contributed by atoms with Gasteiger partial charge in [-0.05, 0) is 60.7 Å². The largest absolute Gasteiger partial charge is 0.361 e. The highest BCUT2D eigenvalue weighted by Crippen LogP contribution is 2.21. The highest BCUT2D eigenvalue weighted by atomic mass is 16.2. The van der Waals surface area contributed by atoms with E-state index in [0.29, 0.717) is 17.7 Å². The number of aryl methyl sites for hydroxylation is 1. The lowest BCUT2D eigenvalue weighted by atomic mass is 10.1. The van der Waals surface area contributed by atoms with Crippen LogP contribution in [0.25, 0.3) is 10.9 Å². The van der Waals surface area contributed by atoms with Crippen molar-refractivity contribution in [1.29, 1.82) is 0 Å². The van der Waals surface area contributed by atoms with Crippen LogP contribution in [0, 0.1) is 6.92 Å². The number of anilines is 2. The van der Waals surface area contributed by atoms with Crippen molar-refractivity contribution in [2.24, 2.45) is 0 Å². The molecule has 3 aromatic rings. The summed E-state index contributed by atoms with van der Waals surface area (Å²) < 4.78 is 0. The van der Waals surface area contributed by atoms with E-state index in [4.69, 9.17) is 0 Å². The molecule has 1 aromatic heterocycles. The van der Waals surface area contributed by atoms with Crippen molar-refractivity contribution in [2.45, 2.75) is 33.1 Å². The first-order valence-corrected chi connectivity index (χ1v) is 8.86. The van der Waals surface area contributed by atoms with E-state index >= 15 is 0 Å². The van der Waals surface area contributed by atoms with Crippen LogP contribution in [0.2, 0.25) is 0 Å². The molecule has 0 unspecified atom stereocenters. The quantitative estimate of drug-likeness (QED) is 0.595. The molecule has 0 saturated heterocycles. The van der Waals surface area contributed by atoms with E-state index in [1.807, 2.05) is 43.5 Å². The first kappa shape index (κ1) is 17.7. The van der Waals surface area contributed by atoms with Gasteiger partial charge in [0, 0.05) is 35.1 Å². The molecule has 0 aliphatic rings. The van der Waals surface area contributed by atoms with Crippen LogP contribution >= 0.6 is 0 Å². The normalized spacial score (nSPS) is 10.7. The van der Waals surface area contributed by atoms with Crippen molar-refractivity contribution in [3.63, 3.8) is 0 Å². The number of H-pyrrole nitrogens is 1. The number of unbranched alkanes of at least 4 members (excludes halogenated alkanes) is 1. The van der Waals surface area contributed by atoms with Crippen molar-refractivity contribution in [3.05, 3.63) is 59.8 Å². The molecule has 0 fully saturated rings. The van der Waals surface area contributed by atoms with Gasteiger partial charge < -0.3 is 15.6 Å². The third-order valence-corrected chi connectivity index (χ3v) is 4.33. The number of aromatic nitrogens is 1. The zero-order chi connectivity index (χ0) is 18.5. The molecule has 0 aliphatic carbocycles. The molecule has 3 rings (SSSR count). The summed E-state index contributed by atoms with van der Waals surface area (Å²) in [6, 6.07) is 13.0. The minimum atomic E-state index is -0.166. The molecule has 0 radical (unpaired) electrons. The molecular weight excluding hydrogens is 326 g/mol. The third-order valence-electron chi connectivity index (χ3n) is 4.33. The maximum absolute atomic E-state index is 12.5. The van der Waals surface area contributed by atoms with E-state index in [1.165, 1.54) is 0 Å². The molecule has 26 heavy (non-hydrogen) atoms. The lowest BCUT2D eigenvalue weighted by molar-refractivity contribution is -0.116. The highest BCUT2D eigenvalue weighted by Gasteiger charge is 2.09. The second-order valence-electron chi connectivity index (χ2n) is 6.42. The van der Waals surface area contributed by atoms with Gasteiger partial charge in [-0.15, -0.1) is 0 Å². The molecule has 0 aliphatic heterocycles. The Labute approximate surface area is 152 Å². The minimum absolute atomic E-state index is 0.0194. The van der Waals surface area contributed by atoms with E-state index in [1.54, 1.807) is 12.1 Å². The number of hydrogen-bond acceptors (Lipinski definition) is 2. The van der Waals surface area contributed by atoms with Gasteiger partial charge in [-0.1, -0.05) is 19.4 Å². The van der Waals surface area contributed by atoms with Crippen molar-refractivity contribution in [3.8, 4) is 0 Å². The zero-order valence-electron chi connectivity index (χ0n) is 15.1. The van der Waals surface area contributed by atoms with Crippen LogP contribution in [0.4, 0.5) is 11.4 Å². The first-order valence-electron chi connectivity index (χ1n) is 8.86. The van der Waals surface area contributed by atoms with Gasteiger partial charge in [0.1, 0.15) is 0 Å². The molecule has 5 heteroatoms. The lowest BCUT2D eigenvalue weighted by Crippen LogP contribution is -2.14. The smallest absolute Gasteiger partial charge is 0.255 e. The SMILES string of the molecule is CCCCC(=O)Nc1ccc(NC(=O)c2ccc3cc[nH]c3c2)cc1C. The number of aromatic amines is 1. The summed E-state index contributed by atoms with van der Waals surface area (Å²) in [4.78, 5) is 27.5. The van der Waals surface area contributed by atoms with Crippen LogP contribution in [-0.2, 0) is 4.79 Å². The Morgan fingerprint density at radius 1 is 1.04 bits per heavy atom. The van der Waals surface area contributed by atoms with Gasteiger partial charge in [-0.2, -0.15) is 0 Å². The molecule has 2 aromatic carbocycles. The van der Waals surface area contributed by atoms with Crippen molar-refractivity contribution >= 4 is 34.1 Å². The number of fused-ring (bicyclic) bond motifs is 1. The molecule has 0 saturated carbocycles. The number of carbonyl (C=O) groups is 2. The fraction of sp³-hybridized carbons (Fsp3) is 0.238. The topological polar surface area (TPSA) is 74.0 Å². The number of benzene rings is 2. The summed E-state index contributed by atoms with van der Waals surface area (Å²) >= 11 is 0. The van der Waals surface area contributed by atoms with Crippen LogP contribution in [0.15, 0.2) is 48.7 Å². The minimum Gasteiger partial charge on any atom is -0.361 e. The van der Waals surface area contributed by atoms with Crippen LogP contribution in [0.3, 0.4) is 0 Å². The maximum atomic E-state index is 12.5. The first-order chi connectivity index (χ1) is 12.6. The summed E-state index contributed by atoms with van der Waals surface area (Å²) in [6.07, 6.45) is 4.24. The average molecular weight is 349 g/mol. The fourth-order valence-electron chi connectivity index (χ4n) is 2.82. The van der Waals surface area contributed by atoms with Crippen LogP contribution in [-0.4, -0.2) is 16.8 Å². The number of carbonyl (C=O) groups excluding carboxylic acids is 2. The third kappa shape index (κ3) is 4.11. The highest BCUT2D eigenvalue weighted by molar-refractivity contribution is 6.06. The number of hydrogen-bond donors (Lipinski definition) is 3. The Bertz CT molecular complexity index is 943. The Kier molecular flexibility index (Phi) is 5.37. The van der Waals surface area contributed by atoms with Gasteiger partial charge in [-0.3, -0.25) is 9.59 Å². The second kappa shape index (κ2) is 7.87. The number of amides is 2. The molecule has 0 bridgehead atoms. The number of rotatable bonds is 6. The second-order valence-corrected chi connectivity index (χ2v) is 6.42. The summed E-state index contributed by atoms with van der Waals surface area (Å²) in [5, 5.41) is 6.89. The summed E-state index contributed by atoms with van der Waals surface area (Å²) in [7, 11) is 0. The average Bonchev–Trinajstić information content (AvgIpc) is 3.10. The van der Waals surface area contributed by atoms with Crippen LogP contribution in [0.1, 0.15) is 42.1 Å². The Balaban J connectivity index is 1.68. The number of nitrogens with one attached hydrogen (secondary N) is 3. The molecule has 5 nitrogen and oxygen atoms in total. The predicted molar refractivity (Wildman–Crippen MR) is 106 cm³/mol. The maximum Gasteiger partial charge on any atom is 0.255 e. The molecule has 134 valence electrons. The molecular formula is C21H23N3O2. The molecule has 3 N–H and O–H groups in total. The van der Waals surface area contributed by atoms with Gasteiger partial charge in [0.05, 0.1) is 0 Å². The fourth-order valence-corrected chi connectivity index (χ4v) is 2.82. The molecule has 0 atom stereocenters. The molecule has 2 amide bonds. The molecule has 0 spiro atoms. The van der Waals surface area contributed by atoms with Crippen molar-refractivity contribution < 1.29 is 9.59 Å². The van der Waals surface area contributed by atoms with Crippen LogP contribution < -0.4 is 10.6 Å². The van der Waals surface area contributed by atoms with Gasteiger partial charge in [0.15, 0.2) is 0 Å². The van der Waals surface area contributed by atoms with Crippen LogP contribution in [0.5, 0.6) is 0 Å². The van der Waals surface area contributed by atoms with E-state index in [2.05, 4.69) is 22.5 Å². The van der Waals surface area contributed by atoms with Crippen molar-refractivity contribution in [1.82, 2.24) is 4.98 Å².